The second kappa shape index (κ2) is 7.54. The topological polar surface area (TPSA) is 98.5 Å². The monoisotopic (exact) mass is 330 g/mol. The maximum Gasteiger partial charge on any atom is 0.344 e. The molecule has 0 unspecified atom stereocenters. The number of hydrogen-bond donors (Lipinski definition) is 1. The minimum atomic E-state index is -0.646. The number of hydrogen-bond acceptors (Lipinski definition) is 6. The number of aromatic nitrogens is 1. The van der Waals surface area contributed by atoms with Crippen molar-refractivity contribution in [3.05, 3.63) is 46.8 Å². The highest BCUT2D eigenvalue weighted by Crippen LogP contribution is 2.15. The summed E-state index contributed by atoms with van der Waals surface area (Å²) in [5.41, 5.74) is 1.82. The van der Waals surface area contributed by atoms with Crippen LogP contribution < -0.4 is 5.32 Å². The summed E-state index contributed by atoms with van der Waals surface area (Å²) in [5, 5.41) is 6.35. The molecule has 0 saturated carbocycles. The van der Waals surface area contributed by atoms with Gasteiger partial charge in [-0.25, -0.2) is 4.79 Å². The van der Waals surface area contributed by atoms with Crippen molar-refractivity contribution in [2.24, 2.45) is 0 Å². The molecule has 1 N–H and O–H groups in total. The number of Topliss-reactive ketones (excluding diaryl/α,β-unsaturated/α-hetero) is 1. The van der Waals surface area contributed by atoms with Crippen LogP contribution in [0.15, 0.2) is 28.8 Å². The Balaban J connectivity index is 1.92. The lowest BCUT2D eigenvalue weighted by atomic mass is 10.1. The van der Waals surface area contributed by atoms with Gasteiger partial charge in [0.2, 0.25) is 0 Å². The Morgan fingerprint density at radius 1 is 1.21 bits per heavy atom. The molecule has 0 spiro atoms. The molecule has 2 aromatic rings. The standard InChI is InChI=1S/C17H18N2O5/c1-4-14-16(11(3)24-19-14)17(22)23-9-15(21)18-13-7-5-12(6-8-13)10(2)20/h5-8H,4,9H2,1-3H3,(H,18,21). The number of benzene rings is 1. The Morgan fingerprint density at radius 2 is 1.88 bits per heavy atom. The molecular weight excluding hydrogens is 312 g/mol. The summed E-state index contributed by atoms with van der Waals surface area (Å²) in [7, 11) is 0. The smallest absolute Gasteiger partial charge is 0.344 e. The molecule has 0 atom stereocenters. The van der Waals surface area contributed by atoms with E-state index >= 15 is 0 Å². The number of nitrogens with one attached hydrogen (secondary N) is 1. The Labute approximate surface area is 139 Å². The third-order valence-electron chi connectivity index (χ3n) is 3.38. The van der Waals surface area contributed by atoms with Gasteiger partial charge >= 0.3 is 5.97 Å². The van der Waals surface area contributed by atoms with Gasteiger partial charge in [-0.3, -0.25) is 9.59 Å². The Bertz CT molecular complexity index is 762. The number of aryl methyl sites for hydroxylation is 2. The summed E-state index contributed by atoms with van der Waals surface area (Å²) in [6.45, 7) is 4.48. The molecule has 0 radical (unpaired) electrons. The fourth-order valence-corrected chi connectivity index (χ4v) is 2.11. The number of esters is 1. The molecule has 126 valence electrons. The minimum Gasteiger partial charge on any atom is -0.452 e. The van der Waals surface area contributed by atoms with Crippen molar-refractivity contribution in [3.63, 3.8) is 0 Å². The number of nitrogens with zero attached hydrogens (tertiary/aromatic N) is 1. The van der Waals surface area contributed by atoms with E-state index in [2.05, 4.69) is 10.5 Å². The number of anilines is 1. The molecule has 0 bridgehead atoms. The van der Waals surface area contributed by atoms with Crippen molar-refractivity contribution < 1.29 is 23.6 Å². The van der Waals surface area contributed by atoms with Crippen LogP contribution in [0.4, 0.5) is 5.69 Å². The van der Waals surface area contributed by atoms with Crippen molar-refractivity contribution in [2.75, 3.05) is 11.9 Å². The van der Waals surface area contributed by atoms with E-state index in [1.165, 1.54) is 6.92 Å². The van der Waals surface area contributed by atoms with E-state index in [0.29, 0.717) is 29.1 Å². The maximum atomic E-state index is 12.0. The van der Waals surface area contributed by atoms with Gasteiger partial charge in [-0.2, -0.15) is 0 Å². The SMILES string of the molecule is CCc1noc(C)c1C(=O)OCC(=O)Nc1ccc(C(C)=O)cc1. The van der Waals surface area contributed by atoms with Crippen LogP contribution in [0.3, 0.4) is 0 Å². The van der Waals surface area contributed by atoms with Crippen molar-refractivity contribution >= 4 is 23.3 Å². The van der Waals surface area contributed by atoms with Crippen LogP contribution in [0.25, 0.3) is 0 Å². The maximum absolute atomic E-state index is 12.0. The molecule has 24 heavy (non-hydrogen) atoms. The second-order valence-corrected chi connectivity index (χ2v) is 5.17. The van der Waals surface area contributed by atoms with E-state index in [1.807, 2.05) is 6.92 Å². The molecule has 2 rings (SSSR count). The van der Waals surface area contributed by atoms with Crippen LogP contribution in [0, 0.1) is 6.92 Å². The molecule has 1 aromatic carbocycles. The average Bonchev–Trinajstić information content (AvgIpc) is 2.94. The molecule has 1 heterocycles. The third kappa shape index (κ3) is 4.07. The van der Waals surface area contributed by atoms with E-state index in [9.17, 15) is 14.4 Å². The van der Waals surface area contributed by atoms with Gasteiger partial charge in [-0.05, 0) is 44.5 Å². The number of rotatable bonds is 6. The molecule has 0 aliphatic carbocycles. The van der Waals surface area contributed by atoms with Crippen LogP contribution >= 0.6 is 0 Å². The molecule has 7 heteroatoms. The lowest BCUT2D eigenvalue weighted by Crippen LogP contribution is -2.21. The number of ketones is 1. The first-order chi connectivity index (χ1) is 11.4. The number of ether oxygens (including phenoxy) is 1. The lowest BCUT2D eigenvalue weighted by Gasteiger charge is -2.07. The van der Waals surface area contributed by atoms with Crippen LogP contribution in [0.2, 0.25) is 0 Å². The minimum absolute atomic E-state index is 0.0578. The first-order valence-electron chi connectivity index (χ1n) is 7.45. The fraction of sp³-hybridized carbons (Fsp3) is 0.294. The predicted molar refractivity (Wildman–Crippen MR) is 86.0 cm³/mol. The zero-order valence-corrected chi connectivity index (χ0v) is 13.7. The molecule has 0 aliphatic rings. The first-order valence-corrected chi connectivity index (χ1v) is 7.45. The highest BCUT2D eigenvalue weighted by Gasteiger charge is 2.21. The third-order valence-corrected chi connectivity index (χ3v) is 3.38. The van der Waals surface area contributed by atoms with E-state index in [1.54, 1.807) is 31.2 Å². The summed E-state index contributed by atoms with van der Waals surface area (Å²) in [5.74, 6) is -0.825. The van der Waals surface area contributed by atoms with Gasteiger partial charge in [0.1, 0.15) is 11.3 Å². The van der Waals surface area contributed by atoms with E-state index < -0.39 is 18.5 Å². The van der Waals surface area contributed by atoms with Crippen LogP contribution in [-0.2, 0) is 16.0 Å². The van der Waals surface area contributed by atoms with Crippen molar-refractivity contribution in [2.45, 2.75) is 27.2 Å². The van der Waals surface area contributed by atoms with E-state index in [4.69, 9.17) is 9.26 Å². The molecule has 0 fully saturated rings. The highest BCUT2D eigenvalue weighted by atomic mass is 16.5. The molecule has 7 nitrogen and oxygen atoms in total. The molecule has 0 saturated heterocycles. The summed E-state index contributed by atoms with van der Waals surface area (Å²) < 4.78 is 9.96. The van der Waals surface area contributed by atoms with E-state index in [0.717, 1.165) is 0 Å². The fourth-order valence-electron chi connectivity index (χ4n) is 2.11. The van der Waals surface area contributed by atoms with Crippen molar-refractivity contribution in [1.82, 2.24) is 5.16 Å². The quantitative estimate of drug-likeness (QED) is 0.645. The summed E-state index contributed by atoms with van der Waals surface area (Å²) in [6.07, 6.45) is 0.524. The lowest BCUT2D eigenvalue weighted by molar-refractivity contribution is -0.119. The van der Waals surface area contributed by atoms with Gasteiger partial charge in [-0.1, -0.05) is 12.1 Å². The normalized spacial score (nSPS) is 10.3. The van der Waals surface area contributed by atoms with Crippen molar-refractivity contribution in [1.29, 1.82) is 0 Å². The van der Waals surface area contributed by atoms with Gasteiger partial charge in [0.15, 0.2) is 12.4 Å². The van der Waals surface area contributed by atoms with Gasteiger partial charge in [0.05, 0.1) is 5.69 Å². The zero-order chi connectivity index (χ0) is 17.7. The van der Waals surface area contributed by atoms with Crippen LogP contribution in [0.1, 0.15) is 46.0 Å². The van der Waals surface area contributed by atoms with Gasteiger partial charge in [0.25, 0.3) is 5.91 Å². The van der Waals surface area contributed by atoms with Gasteiger partial charge < -0.3 is 14.6 Å². The predicted octanol–water partition coefficient (Wildman–Crippen LogP) is 2.54. The van der Waals surface area contributed by atoms with Crippen molar-refractivity contribution in [3.8, 4) is 0 Å². The number of amides is 1. The van der Waals surface area contributed by atoms with Crippen LogP contribution in [-0.4, -0.2) is 29.4 Å². The summed E-state index contributed by atoms with van der Waals surface area (Å²) in [6, 6.07) is 6.43. The molecule has 1 amide bonds. The Kier molecular flexibility index (Phi) is 5.47. The molecule has 0 aliphatic heterocycles. The average molecular weight is 330 g/mol. The first kappa shape index (κ1) is 17.4. The number of carbonyl (C=O) groups is 3. The Morgan fingerprint density at radius 3 is 2.46 bits per heavy atom. The second-order valence-electron chi connectivity index (χ2n) is 5.17. The Hall–Kier alpha value is -2.96. The summed E-state index contributed by atoms with van der Waals surface area (Å²) in [4.78, 5) is 35.1. The van der Waals surface area contributed by atoms with E-state index in [-0.39, 0.29) is 11.3 Å². The zero-order valence-electron chi connectivity index (χ0n) is 13.7. The highest BCUT2D eigenvalue weighted by molar-refractivity contribution is 5.97. The number of carbonyl (C=O) groups excluding carboxylic acids is 3. The van der Waals surface area contributed by atoms with Crippen LogP contribution in [0.5, 0.6) is 0 Å². The summed E-state index contributed by atoms with van der Waals surface area (Å²) >= 11 is 0. The van der Waals surface area contributed by atoms with Gasteiger partial charge in [-0.15, -0.1) is 0 Å². The largest absolute Gasteiger partial charge is 0.452 e. The van der Waals surface area contributed by atoms with Gasteiger partial charge in [0, 0.05) is 11.3 Å². The molecular formula is C17H18N2O5. The molecule has 1 aromatic heterocycles.